The van der Waals surface area contributed by atoms with Gasteiger partial charge in [-0.05, 0) is 24.7 Å². The van der Waals surface area contributed by atoms with Gasteiger partial charge in [0.15, 0.2) is 0 Å². The molecule has 15 heavy (non-hydrogen) atoms. The van der Waals surface area contributed by atoms with Crippen molar-refractivity contribution in [2.24, 2.45) is 0 Å². The van der Waals surface area contributed by atoms with Gasteiger partial charge in [-0.25, -0.2) is 4.39 Å². The molecule has 0 saturated heterocycles. The Morgan fingerprint density at radius 2 is 2.27 bits per heavy atom. The Kier molecular flexibility index (Phi) is 4.22. The van der Waals surface area contributed by atoms with E-state index >= 15 is 0 Å². The normalized spacial score (nSPS) is 10.3. The quantitative estimate of drug-likeness (QED) is 0.806. The van der Waals surface area contributed by atoms with E-state index in [4.69, 9.17) is 10.4 Å². The Bertz CT molecular complexity index is 373. The van der Waals surface area contributed by atoms with E-state index in [0.717, 1.165) is 5.56 Å². The van der Waals surface area contributed by atoms with E-state index < -0.39 is 5.82 Å². The fraction of sp³-hybridized carbons (Fsp3) is 0.364. The smallest absolute Gasteiger partial charge is 0.140 e. The van der Waals surface area contributed by atoms with E-state index in [1.807, 2.05) is 11.9 Å². The van der Waals surface area contributed by atoms with E-state index in [-0.39, 0.29) is 12.2 Å². The van der Waals surface area contributed by atoms with E-state index in [2.05, 4.69) is 0 Å². The molecule has 4 heteroatoms. The molecule has 0 atom stereocenters. The van der Waals surface area contributed by atoms with Crippen molar-refractivity contribution < 1.29 is 9.50 Å². The van der Waals surface area contributed by atoms with Gasteiger partial charge in [-0.1, -0.05) is 6.07 Å². The van der Waals surface area contributed by atoms with Gasteiger partial charge in [-0.3, -0.25) is 4.90 Å². The molecule has 1 aromatic rings. The van der Waals surface area contributed by atoms with Crippen LogP contribution in [-0.4, -0.2) is 30.2 Å². The topological polar surface area (TPSA) is 47.3 Å². The van der Waals surface area contributed by atoms with Gasteiger partial charge >= 0.3 is 0 Å². The van der Waals surface area contributed by atoms with Crippen molar-refractivity contribution in [2.75, 3.05) is 20.2 Å². The van der Waals surface area contributed by atoms with Crippen molar-refractivity contribution in [1.29, 1.82) is 5.26 Å². The minimum atomic E-state index is -0.494. The first-order chi connectivity index (χ1) is 7.17. The van der Waals surface area contributed by atoms with E-state index in [1.165, 1.54) is 12.1 Å². The van der Waals surface area contributed by atoms with Gasteiger partial charge in [0.2, 0.25) is 0 Å². The maximum atomic E-state index is 13.0. The predicted molar refractivity (Wildman–Crippen MR) is 54.5 cm³/mol. The Morgan fingerprint density at radius 1 is 1.53 bits per heavy atom. The van der Waals surface area contributed by atoms with Crippen LogP contribution in [-0.2, 0) is 6.54 Å². The third-order valence-corrected chi connectivity index (χ3v) is 2.09. The third kappa shape index (κ3) is 3.31. The second-order valence-corrected chi connectivity index (χ2v) is 3.39. The SMILES string of the molecule is CN(CCO)Cc1ccc(F)c(C#N)c1. The van der Waals surface area contributed by atoms with Gasteiger partial charge < -0.3 is 5.11 Å². The van der Waals surface area contributed by atoms with Crippen LogP contribution in [0.25, 0.3) is 0 Å². The Hall–Kier alpha value is -1.44. The highest BCUT2D eigenvalue weighted by Gasteiger charge is 2.04. The lowest BCUT2D eigenvalue weighted by atomic mass is 10.1. The highest BCUT2D eigenvalue weighted by atomic mass is 19.1. The molecule has 80 valence electrons. The van der Waals surface area contributed by atoms with Crippen molar-refractivity contribution in [2.45, 2.75) is 6.54 Å². The van der Waals surface area contributed by atoms with Gasteiger partial charge in [0.05, 0.1) is 12.2 Å². The number of hydrogen-bond donors (Lipinski definition) is 1. The fourth-order valence-corrected chi connectivity index (χ4v) is 1.32. The number of benzene rings is 1. The Balaban J connectivity index is 2.75. The highest BCUT2D eigenvalue weighted by Crippen LogP contribution is 2.10. The molecule has 0 bridgehead atoms. The van der Waals surface area contributed by atoms with Gasteiger partial charge in [-0.2, -0.15) is 5.26 Å². The van der Waals surface area contributed by atoms with Crippen molar-refractivity contribution in [3.63, 3.8) is 0 Å². The molecule has 0 saturated carbocycles. The standard InChI is InChI=1S/C11H13FN2O/c1-14(4-5-15)8-9-2-3-11(12)10(6-9)7-13/h2-3,6,15H,4-5,8H2,1H3. The first-order valence-corrected chi connectivity index (χ1v) is 4.65. The lowest BCUT2D eigenvalue weighted by Crippen LogP contribution is -2.21. The van der Waals surface area contributed by atoms with E-state index in [9.17, 15) is 4.39 Å². The molecular weight excluding hydrogens is 195 g/mol. The molecule has 0 unspecified atom stereocenters. The van der Waals surface area contributed by atoms with Crippen molar-refractivity contribution >= 4 is 0 Å². The molecule has 1 N–H and O–H groups in total. The summed E-state index contributed by atoms with van der Waals surface area (Å²) in [5.41, 5.74) is 0.925. The molecule has 0 spiro atoms. The molecule has 0 aliphatic rings. The molecule has 1 aromatic carbocycles. The number of nitrogens with zero attached hydrogens (tertiary/aromatic N) is 2. The Labute approximate surface area is 88.4 Å². The molecule has 0 fully saturated rings. The summed E-state index contributed by atoms with van der Waals surface area (Å²) >= 11 is 0. The first-order valence-electron chi connectivity index (χ1n) is 4.65. The number of likely N-dealkylation sites (N-methyl/N-ethyl adjacent to an activating group) is 1. The van der Waals surface area contributed by atoms with E-state index in [1.54, 1.807) is 12.1 Å². The Morgan fingerprint density at radius 3 is 2.87 bits per heavy atom. The lowest BCUT2D eigenvalue weighted by molar-refractivity contribution is 0.217. The number of aliphatic hydroxyl groups is 1. The maximum Gasteiger partial charge on any atom is 0.140 e. The lowest BCUT2D eigenvalue weighted by Gasteiger charge is -2.14. The monoisotopic (exact) mass is 208 g/mol. The van der Waals surface area contributed by atoms with Crippen LogP contribution >= 0.6 is 0 Å². The van der Waals surface area contributed by atoms with Crippen LogP contribution in [0.15, 0.2) is 18.2 Å². The van der Waals surface area contributed by atoms with Crippen LogP contribution in [0.4, 0.5) is 4.39 Å². The molecule has 1 rings (SSSR count). The maximum absolute atomic E-state index is 13.0. The second-order valence-electron chi connectivity index (χ2n) is 3.39. The third-order valence-electron chi connectivity index (χ3n) is 2.09. The molecule has 0 aliphatic carbocycles. The van der Waals surface area contributed by atoms with Crippen LogP contribution < -0.4 is 0 Å². The van der Waals surface area contributed by atoms with Crippen LogP contribution in [0.3, 0.4) is 0 Å². The summed E-state index contributed by atoms with van der Waals surface area (Å²) in [4.78, 5) is 1.90. The average molecular weight is 208 g/mol. The molecule has 0 aromatic heterocycles. The molecule has 0 amide bonds. The summed E-state index contributed by atoms with van der Waals surface area (Å²) in [5.74, 6) is -0.494. The van der Waals surface area contributed by atoms with Gasteiger partial charge in [0.1, 0.15) is 11.9 Å². The summed E-state index contributed by atoms with van der Waals surface area (Å²) in [6.45, 7) is 1.23. The number of aliphatic hydroxyl groups excluding tert-OH is 1. The number of halogens is 1. The molecule has 0 heterocycles. The van der Waals surface area contributed by atoms with Gasteiger partial charge in [0, 0.05) is 13.1 Å². The average Bonchev–Trinajstić information content (AvgIpc) is 2.21. The summed E-state index contributed by atoms with van der Waals surface area (Å²) in [6.07, 6.45) is 0. The van der Waals surface area contributed by atoms with Crippen molar-refractivity contribution in [3.8, 4) is 6.07 Å². The van der Waals surface area contributed by atoms with Crippen LogP contribution in [0, 0.1) is 17.1 Å². The van der Waals surface area contributed by atoms with E-state index in [0.29, 0.717) is 13.1 Å². The van der Waals surface area contributed by atoms with Crippen LogP contribution in [0.1, 0.15) is 11.1 Å². The number of nitriles is 1. The van der Waals surface area contributed by atoms with Crippen LogP contribution in [0.5, 0.6) is 0 Å². The van der Waals surface area contributed by atoms with Gasteiger partial charge in [-0.15, -0.1) is 0 Å². The largest absolute Gasteiger partial charge is 0.395 e. The summed E-state index contributed by atoms with van der Waals surface area (Å²) in [7, 11) is 1.85. The molecule has 0 aliphatic heterocycles. The predicted octanol–water partition coefficient (Wildman–Crippen LogP) is 1.12. The van der Waals surface area contributed by atoms with Crippen LogP contribution in [0.2, 0.25) is 0 Å². The molecular formula is C11H13FN2O. The minimum Gasteiger partial charge on any atom is -0.395 e. The second kappa shape index (κ2) is 5.44. The number of hydrogen-bond acceptors (Lipinski definition) is 3. The van der Waals surface area contributed by atoms with Gasteiger partial charge in [0.25, 0.3) is 0 Å². The summed E-state index contributed by atoms with van der Waals surface area (Å²) in [6, 6.07) is 6.26. The summed E-state index contributed by atoms with van der Waals surface area (Å²) in [5, 5.41) is 17.3. The minimum absolute atomic E-state index is 0.0601. The first kappa shape index (κ1) is 11.6. The zero-order valence-electron chi connectivity index (χ0n) is 8.57. The zero-order chi connectivity index (χ0) is 11.3. The van der Waals surface area contributed by atoms with Crippen molar-refractivity contribution in [1.82, 2.24) is 4.90 Å². The summed E-state index contributed by atoms with van der Waals surface area (Å²) < 4.78 is 13.0. The zero-order valence-corrected chi connectivity index (χ0v) is 8.57. The highest BCUT2D eigenvalue weighted by molar-refractivity contribution is 5.34. The number of rotatable bonds is 4. The van der Waals surface area contributed by atoms with Crippen molar-refractivity contribution in [3.05, 3.63) is 35.1 Å². The molecule has 3 nitrogen and oxygen atoms in total. The molecule has 0 radical (unpaired) electrons. The fourth-order valence-electron chi connectivity index (χ4n) is 1.32.